The lowest BCUT2D eigenvalue weighted by Crippen LogP contribution is -2.45. The molecule has 0 spiro atoms. The standard InChI is InChI=1S/C21H24N4O/c1-26-21-6-3-2-5-19(21)20-15-22-12-14-24(20)16-17-7-9-18(10-8-17)25-13-4-11-23-25/h2-11,13,20,22H,12,14-16H2,1H3. The van der Waals surface area contributed by atoms with E-state index in [4.69, 9.17) is 4.74 Å². The molecule has 1 aromatic heterocycles. The van der Waals surface area contributed by atoms with Crippen LogP contribution in [0.5, 0.6) is 5.75 Å². The molecule has 1 aliphatic heterocycles. The van der Waals surface area contributed by atoms with Gasteiger partial charge in [0.15, 0.2) is 0 Å². The first-order valence-corrected chi connectivity index (χ1v) is 9.02. The van der Waals surface area contributed by atoms with Crippen LogP contribution in [-0.2, 0) is 6.54 Å². The lowest BCUT2D eigenvalue weighted by atomic mass is 10.0. The molecule has 0 bridgehead atoms. The average molecular weight is 348 g/mol. The minimum atomic E-state index is 0.311. The summed E-state index contributed by atoms with van der Waals surface area (Å²) in [5, 5.41) is 7.81. The second kappa shape index (κ2) is 7.72. The number of hydrogen-bond donors (Lipinski definition) is 1. The molecule has 26 heavy (non-hydrogen) atoms. The summed E-state index contributed by atoms with van der Waals surface area (Å²) in [5.74, 6) is 0.959. The predicted octanol–water partition coefficient (Wildman–Crippen LogP) is 3.03. The molecule has 1 atom stereocenters. The maximum atomic E-state index is 5.59. The fourth-order valence-electron chi connectivity index (χ4n) is 3.59. The topological polar surface area (TPSA) is 42.3 Å². The van der Waals surface area contributed by atoms with E-state index in [1.54, 1.807) is 13.3 Å². The summed E-state index contributed by atoms with van der Waals surface area (Å²) >= 11 is 0. The molecular weight excluding hydrogens is 324 g/mol. The van der Waals surface area contributed by atoms with E-state index in [0.29, 0.717) is 6.04 Å². The lowest BCUT2D eigenvalue weighted by Gasteiger charge is -2.37. The van der Waals surface area contributed by atoms with Crippen LogP contribution >= 0.6 is 0 Å². The number of aromatic nitrogens is 2. The maximum Gasteiger partial charge on any atom is 0.123 e. The van der Waals surface area contributed by atoms with Gasteiger partial charge >= 0.3 is 0 Å². The van der Waals surface area contributed by atoms with Gasteiger partial charge in [0.2, 0.25) is 0 Å². The fraction of sp³-hybridized carbons (Fsp3) is 0.286. The first kappa shape index (κ1) is 16.8. The Bertz CT molecular complexity index is 829. The van der Waals surface area contributed by atoms with Crippen molar-refractivity contribution in [2.45, 2.75) is 12.6 Å². The van der Waals surface area contributed by atoms with Crippen LogP contribution in [0, 0.1) is 0 Å². The molecule has 4 rings (SSSR count). The summed E-state index contributed by atoms with van der Waals surface area (Å²) in [6, 6.07) is 19.2. The number of rotatable bonds is 5. The summed E-state index contributed by atoms with van der Waals surface area (Å²) in [7, 11) is 1.74. The Balaban J connectivity index is 1.53. The van der Waals surface area contributed by atoms with E-state index >= 15 is 0 Å². The van der Waals surface area contributed by atoms with Gasteiger partial charge in [0.25, 0.3) is 0 Å². The van der Waals surface area contributed by atoms with E-state index in [2.05, 4.69) is 51.7 Å². The second-order valence-corrected chi connectivity index (χ2v) is 6.55. The molecule has 2 aromatic carbocycles. The predicted molar refractivity (Wildman–Crippen MR) is 103 cm³/mol. The largest absolute Gasteiger partial charge is 0.496 e. The molecule has 3 aromatic rings. The molecule has 1 unspecified atom stereocenters. The van der Waals surface area contributed by atoms with Gasteiger partial charge in [0, 0.05) is 44.1 Å². The number of methoxy groups -OCH3 is 1. The van der Waals surface area contributed by atoms with Crippen LogP contribution in [0.2, 0.25) is 0 Å². The lowest BCUT2D eigenvalue weighted by molar-refractivity contribution is 0.151. The van der Waals surface area contributed by atoms with Crippen LogP contribution in [0.15, 0.2) is 67.0 Å². The number of nitrogens with zero attached hydrogens (tertiary/aromatic N) is 3. The Morgan fingerprint density at radius 3 is 2.73 bits per heavy atom. The van der Waals surface area contributed by atoms with Gasteiger partial charge < -0.3 is 10.1 Å². The van der Waals surface area contributed by atoms with Crippen molar-refractivity contribution >= 4 is 0 Å². The van der Waals surface area contributed by atoms with Crippen LogP contribution in [0.25, 0.3) is 5.69 Å². The summed E-state index contributed by atoms with van der Waals surface area (Å²) in [6.45, 7) is 3.89. The van der Waals surface area contributed by atoms with E-state index in [1.807, 2.05) is 29.1 Å². The Hall–Kier alpha value is -2.63. The van der Waals surface area contributed by atoms with Crippen molar-refractivity contribution in [3.8, 4) is 11.4 Å². The molecule has 1 fully saturated rings. The minimum Gasteiger partial charge on any atom is -0.496 e. The monoisotopic (exact) mass is 348 g/mol. The molecule has 0 amide bonds. The number of hydrogen-bond acceptors (Lipinski definition) is 4. The minimum absolute atomic E-state index is 0.311. The first-order chi connectivity index (χ1) is 12.8. The molecule has 134 valence electrons. The van der Waals surface area contributed by atoms with Crippen molar-refractivity contribution < 1.29 is 4.74 Å². The van der Waals surface area contributed by atoms with Crippen molar-refractivity contribution in [1.29, 1.82) is 0 Å². The second-order valence-electron chi connectivity index (χ2n) is 6.55. The van der Waals surface area contributed by atoms with E-state index in [0.717, 1.165) is 37.6 Å². The molecular formula is C21H24N4O. The molecule has 0 radical (unpaired) electrons. The molecule has 0 aliphatic carbocycles. The van der Waals surface area contributed by atoms with Gasteiger partial charge in [-0.15, -0.1) is 0 Å². The maximum absolute atomic E-state index is 5.59. The molecule has 1 saturated heterocycles. The highest BCUT2D eigenvalue weighted by Gasteiger charge is 2.26. The van der Waals surface area contributed by atoms with Crippen molar-refractivity contribution in [2.24, 2.45) is 0 Å². The Kier molecular flexibility index (Phi) is 5.00. The number of para-hydroxylation sites is 1. The number of ether oxygens (including phenoxy) is 1. The Morgan fingerprint density at radius 2 is 1.96 bits per heavy atom. The Morgan fingerprint density at radius 1 is 1.12 bits per heavy atom. The number of piperazine rings is 1. The van der Waals surface area contributed by atoms with Gasteiger partial charge in [-0.25, -0.2) is 4.68 Å². The summed E-state index contributed by atoms with van der Waals surface area (Å²) in [5.41, 5.74) is 3.64. The van der Waals surface area contributed by atoms with Gasteiger partial charge in [-0.1, -0.05) is 30.3 Å². The van der Waals surface area contributed by atoms with Crippen LogP contribution in [-0.4, -0.2) is 41.4 Å². The molecule has 5 nitrogen and oxygen atoms in total. The van der Waals surface area contributed by atoms with Crippen LogP contribution < -0.4 is 10.1 Å². The van der Waals surface area contributed by atoms with Crippen molar-refractivity contribution in [1.82, 2.24) is 20.0 Å². The highest BCUT2D eigenvalue weighted by Crippen LogP contribution is 2.31. The van der Waals surface area contributed by atoms with E-state index in [-0.39, 0.29) is 0 Å². The third-order valence-electron chi connectivity index (χ3n) is 4.94. The summed E-state index contributed by atoms with van der Waals surface area (Å²) in [6.07, 6.45) is 3.76. The van der Waals surface area contributed by atoms with Crippen LogP contribution in [0.4, 0.5) is 0 Å². The highest BCUT2D eigenvalue weighted by molar-refractivity contribution is 5.37. The van der Waals surface area contributed by atoms with E-state index in [9.17, 15) is 0 Å². The third kappa shape index (κ3) is 3.49. The molecule has 5 heteroatoms. The zero-order chi connectivity index (χ0) is 17.8. The van der Waals surface area contributed by atoms with Crippen molar-refractivity contribution in [3.05, 3.63) is 78.1 Å². The van der Waals surface area contributed by atoms with E-state index < -0.39 is 0 Å². The molecule has 1 aliphatic rings. The molecule has 1 N–H and O–H groups in total. The van der Waals surface area contributed by atoms with Gasteiger partial charge in [-0.3, -0.25) is 4.90 Å². The van der Waals surface area contributed by atoms with Gasteiger partial charge in [-0.2, -0.15) is 5.10 Å². The number of nitrogens with one attached hydrogen (secondary N) is 1. The zero-order valence-electron chi connectivity index (χ0n) is 15.0. The summed E-state index contributed by atoms with van der Waals surface area (Å²) in [4.78, 5) is 2.53. The van der Waals surface area contributed by atoms with Gasteiger partial charge in [0.05, 0.1) is 18.8 Å². The fourth-order valence-corrected chi connectivity index (χ4v) is 3.59. The SMILES string of the molecule is COc1ccccc1C1CNCCN1Cc1ccc(-n2cccn2)cc1. The highest BCUT2D eigenvalue weighted by atomic mass is 16.5. The smallest absolute Gasteiger partial charge is 0.123 e. The van der Waals surface area contributed by atoms with Crippen LogP contribution in [0.1, 0.15) is 17.2 Å². The Labute approximate surface area is 154 Å². The molecule has 2 heterocycles. The third-order valence-corrected chi connectivity index (χ3v) is 4.94. The summed E-state index contributed by atoms with van der Waals surface area (Å²) < 4.78 is 7.47. The van der Waals surface area contributed by atoms with Crippen LogP contribution in [0.3, 0.4) is 0 Å². The first-order valence-electron chi connectivity index (χ1n) is 9.02. The van der Waals surface area contributed by atoms with Crippen molar-refractivity contribution in [3.63, 3.8) is 0 Å². The normalized spacial score (nSPS) is 18.0. The average Bonchev–Trinajstić information content (AvgIpc) is 3.24. The number of benzene rings is 2. The van der Waals surface area contributed by atoms with Gasteiger partial charge in [0.1, 0.15) is 5.75 Å². The van der Waals surface area contributed by atoms with Crippen molar-refractivity contribution in [2.75, 3.05) is 26.7 Å². The van der Waals surface area contributed by atoms with E-state index in [1.165, 1.54) is 11.1 Å². The van der Waals surface area contributed by atoms with Gasteiger partial charge in [-0.05, 0) is 29.8 Å². The molecule has 0 saturated carbocycles. The zero-order valence-corrected chi connectivity index (χ0v) is 15.0. The quantitative estimate of drug-likeness (QED) is 0.770.